The van der Waals surface area contributed by atoms with E-state index in [1.807, 2.05) is 13.8 Å². The summed E-state index contributed by atoms with van der Waals surface area (Å²) in [5, 5.41) is 18.0. The molecule has 24 heavy (non-hydrogen) atoms. The highest BCUT2D eigenvalue weighted by Gasteiger charge is 2.18. The molecule has 0 aliphatic rings. The molecule has 1 aromatic carbocycles. The Morgan fingerprint density at radius 2 is 2.17 bits per heavy atom. The Morgan fingerprint density at radius 3 is 2.71 bits per heavy atom. The molecule has 0 fully saturated rings. The number of ether oxygens (including phenoxy) is 1. The van der Waals surface area contributed by atoms with Gasteiger partial charge in [0.1, 0.15) is 18.0 Å². The first-order chi connectivity index (χ1) is 11.3. The number of rotatable bonds is 6. The highest BCUT2D eigenvalue weighted by atomic mass is 79.9. The number of amides is 1. The average Bonchev–Trinajstić information content (AvgIpc) is 2.76. The van der Waals surface area contributed by atoms with Crippen LogP contribution in [0.2, 0.25) is 0 Å². The normalized spacial score (nSPS) is 10.5. The Bertz CT molecular complexity index is 788. The average molecular weight is 397 g/mol. The molecule has 0 spiro atoms. The van der Waals surface area contributed by atoms with Gasteiger partial charge in [0.15, 0.2) is 0 Å². The standard InChI is InChI=1S/C15H17BrN4O4/c1-4-24-11-5-6-12(13(7-11)20(22)23)17-14(21)8-19-10(3)15(16)9(2)18-19/h5-7H,4,8H2,1-3H3,(H,17,21). The Hall–Kier alpha value is -2.42. The number of nitrogens with zero attached hydrogens (tertiary/aromatic N) is 3. The maximum absolute atomic E-state index is 12.2. The number of nitro benzene ring substituents is 1. The van der Waals surface area contributed by atoms with Crippen LogP contribution in [-0.2, 0) is 11.3 Å². The Morgan fingerprint density at radius 1 is 1.46 bits per heavy atom. The number of carbonyl (C=O) groups excluding carboxylic acids is 1. The summed E-state index contributed by atoms with van der Waals surface area (Å²) in [4.78, 5) is 22.8. The number of halogens is 1. The topological polar surface area (TPSA) is 99.3 Å². The van der Waals surface area contributed by atoms with Crippen molar-refractivity contribution in [2.24, 2.45) is 0 Å². The fourth-order valence-electron chi connectivity index (χ4n) is 2.18. The first-order valence-corrected chi connectivity index (χ1v) is 8.03. The maximum atomic E-state index is 12.2. The summed E-state index contributed by atoms with van der Waals surface area (Å²) in [6.07, 6.45) is 0. The molecule has 0 bridgehead atoms. The molecule has 0 saturated heterocycles. The molecule has 1 N–H and O–H groups in total. The molecule has 1 amide bonds. The van der Waals surface area contributed by atoms with Crippen LogP contribution in [0.5, 0.6) is 5.75 Å². The zero-order chi connectivity index (χ0) is 17.9. The predicted molar refractivity (Wildman–Crippen MR) is 92.3 cm³/mol. The Balaban J connectivity index is 2.19. The van der Waals surface area contributed by atoms with E-state index in [1.54, 1.807) is 13.0 Å². The summed E-state index contributed by atoms with van der Waals surface area (Å²) < 4.78 is 7.62. The minimum absolute atomic E-state index is 0.0390. The SMILES string of the molecule is CCOc1ccc(NC(=O)Cn2nc(C)c(Br)c2C)c([N+](=O)[O-])c1. The van der Waals surface area contributed by atoms with Gasteiger partial charge in [-0.1, -0.05) is 0 Å². The monoisotopic (exact) mass is 396 g/mol. The lowest BCUT2D eigenvalue weighted by atomic mass is 10.2. The summed E-state index contributed by atoms with van der Waals surface area (Å²) in [6.45, 7) is 5.80. The Labute approximate surface area is 147 Å². The van der Waals surface area contributed by atoms with Gasteiger partial charge >= 0.3 is 0 Å². The molecule has 0 aliphatic carbocycles. The van der Waals surface area contributed by atoms with E-state index in [0.29, 0.717) is 12.4 Å². The number of hydrogen-bond acceptors (Lipinski definition) is 5. The van der Waals surface area contributed by atoms with Crippen molar-refractivity contribution < 1.29 is 14.5 Å². The molecule has 2 aromatic rings. The van der Waals surface area contributed by atoms with E-state index in [1.165, 1.54) is 16.8 Å². The molecule has 2 rings (SSSR count). The second-order valence-corrected chi connectivity index (χ2v) is 5.85. The largest absolute Gasteiger partial charge is 0.494 e. The van der Waals surface area contributed by atoms with Gasteiger partial charge in [0.25, 0.3) is 5.69 Å². The zero-order valence-electron chi connectivity index (χ0n) is 13.5. The quantitative estimate of drug-likeness (QED) is 0.596. The number of aromatic nitrogens is 2. The van der Waals surface area contributed by atoms with Crippen molar-refractivity contribution in [1.29, 1.82) is 0 Å². The Kier molecular flexibility index (Phi) is 5.55. The van der Waals surface area contributed by atoms with Crippen molar-refractivity contribution in [3.8, 4) is 5.75 Å². The van der Waals surface area contributed by atoms with Crippen LogP contribution in [0.1, 0.15) is 18.3 Å². The van der Waals surface area contributed by atoms with E-state index in [9.17, 15) is 14.9 Å². The van der Waals surface area contributed by atoms with Crippen molar-refractivity contribution in [3.05, 3.63) is 44.2 Å². The third-order valence-corrected chi connectivity index (χ3v) is 4.49. The van der Waals surface area contributed by atoms with Crippen molar-refractivity contribution in [2.75, 3.05) is 11.9 Å². The minimum Gasteiger partial charge on any atom is -0.494 e. The van der Waals surface area contributed by atoms with E-state index in [4.69, 9.17) is 4.74 Å². The van der Waals surface area contributed by atoms with Gasteiger partial charge in [0, 0.05) is 0 Å². The maximum Gasteiger partial charge on any atom is 0.296 e. The smallest absolute Gasteiger partial charge is 0.296 e. The number of anilines is 1. The van der Waals surface area contributed by atoms with Crippen molar-refractivity contribution in [2.45, 2.75) is 27.3 Å². The van der Waals surface area contributed by atoms with E-state index in [2.05, 4.69) is 26.3 Å². The van der Waals surface area contributed by atoms with Crippen LogP contribution in [0.15, 0.2) is 22.7 Å². The van der Waals surface area contributed by atoms with Crippen LogP contribution in [0.4, 0.5) is 11.4 Å². The molecule has 0 aliphatic heterocycles. The predicted octanol–water partition coefficient (Wildman–Crippen LogP) is 3.21. The van der Waals surface area contributed by atoms with E-state index < -0.39 is 10.8 Å². The second-order valence-electron chi connectivity index (χ2n) is 5.06. The number of benzene rings is 1. The molecule has 0 unspecified atom stereocenters. The third-order valence-electron chi connectivity index (χ3n) is 3.34. The number of nitrogens with one attached hydrogen (secondary N) is 1. The first kappa shape index (κ1) is 17.9. The minimum atomic E-state index is -0.558. The molecule has 9 heteroatoms. The van der Waals surface area contributed by atoms with Gasteiger partial charge in [-0.15, -0.1) is 0 Å². The first-order valence-electron chi connectivity index (χ1n) is 7.24. The molecule has 1 aromatic heterocycles. The van der Waals surface area contributed by atoms with Gasteiger partial charge in [0.05, 0.1) is 33.5 Å². The number of carbonyl (C=O) groups is 1. The van der Waals surface area contributed by atoms with Crippen molar-refractivity contribution in [3.63, 3.8) is 0 Å². The molecule has 0 saturated carbocycles. The van der Waals surface area contributed by atoms with Gasteiger partial charge in [0.2, 0.25) is 5.91 Å². The van der Waals surface area contributed by atoms with Gasteiger partial charge < -0.3 is 10.1 Å². The van der Waals surface area contributed by atoms with Crippen LogP contribution < -0.4 is 10.1 Å². The summed E-state index contributed by atoms with van der Waals surface area (Å²) in [7, 11) is 0. The van der Waals surface area contributed by atoms with Crippen molar-refractivity contribution in [1.82, 2.24) is 9.78 Å². The number of aryl methyl sites for hydroxylation is 1. The van der Waals surface area contributed by atoms with E-state index >= 15 is 0 Å². The summed E-state index contributed by atoms with van der Waals surface area (Å²) in [5.74, 6) is -0.0231. The van der Waals surface area contributed by atoms with Crippen LogP contribution in [-0.4, -0.2) is 27.2 Å². The van der Waals surface area contributed by atoms with Crippen LogP contribution in [0.25, 0.3) is 0 Å². The molecular weight excluding hydrogens is 380 g/mol. The lowest BCUT2D eigenvalue weighted by Crippen LogP contribution is -2.21. The van der Waals surface area contributed by atoms with E-state index in [0.717, 1.165) is 15.9 Å². The molecule has 1 heterocycles. The fraction of sp³-hybridized carbons (Fsp3) is 0.333. The van der Waals surface area contributed by atoms with Gasteiger partial charge in [-0.3, -0.25) is 19.6 Å². The third kappa shape index (κ3) is 3.91. The molecule has 0 atom stereocenters. The lowest BCUT2D eigenvalue weighted by Gasteiger charge is -2.09. The lowest BCUT2D eigenvalue weighted by molar-refractivity contribution is -0.384. The highest BCUT2D eigenvalue weighted by Crippen LogP contribution is 2.29. The van der Waals surface area contributed by atoms with E-state index in [-0.39, 0.29) is 17.9 Å². The van der Waals surface area contributed by atoms with Crippen LogP contribution in [0.3, 0.4) is 0 Å². The molecule has 0 radical (unpaired) electrons. The summed E-state index contributed by atoms with van der Waals surface area (Å²) in [6, 6.07) is 4.32. The van der Waals surface area contributed by atoms with Crippen LogP contribution >= 0.6 is 15.9 Å². The fourth-order valence-corrected chi connectivity index (χ4v) is 2.46. The van der Waals surface area contributed by atoms with Crippen molar-refractivity contribution >= 4 is 33.2 Å². The second kappa shape index (κ2) is 7.43. The summed E-state index contributed by atoms with van der Waals surface area (Å²) >= 11 is 3.39. The molecule has 128 valence electrons. The summed E-state index contributed by atoms with van der Waals surface area (Å²) in [5.41, 5.74) is 1.48. The zero-order valence-corrected chi connectivity index (χ0v) is 15.1. The van der Waals surface area contributed by atoms with Crippen LogP contribution in [0, 0.1) is 24.0 Å². The number of nitro groups is 1. The van der Waals surface area contributed by atoms with Gasteiger partial charge in [-0.05, 0) is 48.8 Å². The number of hydrogen-bond donors (Lipinski definition) is 1. The van der Waals surface area contributed by atoms with Gasteiger partial charge in [-0.25, -0.2) is 0 Å². The molecular formula is C15H17BrN4O4. The van der Waals surface area contributed by atoms with Gasteiger partial charge in [-0.2, -0.15) is 5.10 Å². The molecule has 8 nitrogen and oxygen atoms in total. The highest BCUT2D eigenvalue weighted by molar-refractivity contribution is 9.10.